The number of aliphatic hydroxyl groups excluding tert-OH is 1. The van der Waals surface area contributed by atoms with Crippen molar-refractivity contribution in [2.75, 3.05) is 13.6 Å². The zero-order valence-electron chi connectivity index (χ0n) is 10.9. The van der Waals surface area contributed by atoms with Crippen LogP contribution < -0.4 is 0 Å². The Hall–Kier alpha value is -0.870. The average Bonchev–Trinajstić information content (AvgIpc) is 2.81. The number of rotatable bonds is 2. The van der Waals surface area contributed by atoms with Crippen molar-refractivity contribution in [3.8, 4) is 0 Å². The lowest BCUT2D eigenvalue weighted by molar-refractivity contribution is 0.285. The Morgan fingerprint density at radius 3 is 2.74 bits per heavy atom. The number of likely N-dealkylation sites (N-methyl/N-ethyl adjacent to an activating group) is 1. The van der Waals surface area contributed by atoms with Crippen LogP contribution in [0.5, 0.6) is 0 Å². The van der Waals surface area contributed by atoms with Gasteiger partial charge in [-0.3, -0.25) is 0 Å². The Morgan fingerprint density at radius 1 is 1.32 bits per heavy atom. The molecule has 0 radical (unpaired) electrons. The number of fused-ring (bicyclic) bond motifs is 1. The quantitative estimate of drug-likeness (QED) is 0.919. The first-order valence-corrected chi connectivity index (χ1v) is 7.05. The van der Waals surface area contributed by atoms with Crippen LogP contribution in [0, 0.1) is 0 Å². The first-order chi connectivity index (χ1) is 8.78. The fraction of sp³-hybridized carbons (Fsp3) is 0.333. The van der Waals surface area contributed by atoms with Crippen molar-refractivity contribution in [1.29, 1.82) is 0 Å². The Balaban J connectivity index is 0.00000133. The number of nitrogens with zero attached hydrogens (tertiary/aromatic N) is 1. The molecule has 0 bridgehead atoms. The second-order valence-corrected chi connectivity index (χ2v) is 6.13. The normalized spacial score (nSPS) is 18.7. The third kappa shape index (κ3) is 2.84. The number of thiophene rings is 1. The van der Waals surface area contributed by atoms with Gasteiger partial charge in [-0.1, -0.05) is 30.3 Å². The first kappa shape index (κ1) is 14.5. The number of aliphatic hydroxyl groups is 1. The maximum absolute atomic E-state index is 9.31. The highest BCUT2D eigenvalue weighted by molar-refractivity contribution is 7.12. The number of hydrogen-bond acceptors (Lipinski definition) is 3. The van der Waals surface area contributed by atoms with Crippen molar-refractivity contribution in [1.82, 2.24) is 4.90 Å². The highest BCUT2D eigenvalue weighted by Crippen LogP contribution is 2.37. The van der Waals surface area contributed by atoms with Crippen LogP contribution in [0.3, 0.4) is 0 Å². The fourth-order valence-electron chi connectivity index (χ4n) is 2.69. The third-order valence-electron chi connectivity index (χ3n) is 3.53. The van der Waals surface area contributed by atoms with Crippen molar-refractivity contribution < 1.29 is 5.11 Å². The van der Waals surface area contributed by atoms with E-state index in [2.05, 4.69) is 48.3 Å². The van der Waals surface area contributed by atoms with Crippen molar-refractivity contribution >= 4 is 23.7 Å². The SMILES string of the molecule is CN1Cc2sc(CO)cc2C(c2ccccc2)C1.Cl. The van der Waals surface area contributed by atoms with Gasteiger partial charge in [0.15, 0.2) is 0 Å². The molecule has 1 atom stereocenters. The van der Waals surface area contributed by atoms with Gasteiger partial charge in [0.2, 0.25) is 0 Å². The van der Waals surface area contributed by atoms with Gasteiger partial charge in [-0.05, 0) is 24.2 Å². The number of hydrogen-bond donors (Lipinski definition) is 1. The Morgan fingerprint density at radius 2 is 2.05 bits per heavy atom. The molecule has 0 amide bonds. The summed E-state index contributed by atoms with van der Waals surface area (Å²) in [7, 11) is 2.16. The van der Waals surface area contributed by atoms with Crippen LogP contribution in [0.1, 0.15) is 26.8 Å². The predicted octanol–water partition coefficient (Wildman–Crippen LogP) is 3.24. The van der Waals surface area contributed by atoms with Crippen LogP contribution in [0.15, 0.2) is 36.4 Å². The summed E-state index contributed by atoms with van der Waals surface area (Å²) in [5.41, 5.74) is 2.78. The maximum atomic E-state index is 9.31. The summed E-state index contributed by atoms with van der Waals surface area (Å²) in [5.74, 6) is 0.441. The van der Waals surface area contributed by atoms with E-state index < -0.39 is 0 Å². The van der Waals surface area contributed by atoms with E-state index in [0.717, 1.165) is 18.0 Å². The fourth-order valence-corrected chi connectivity index (χ4v) is 3.86. The van der Waals surface area contributed by atoms with Crippen LogP contribution in [-0.4, -0.2) is 23.6 Å². The summed E-state index contributed by atoms with van der Waals surface area (Å²) in [6, 6.07) is 12.8. The molecule has 2 nitrogen and oxygen atoms in total. The summed E-state index contributed by atoms with van der Waals surface area (Å²) < 4.78 is 0. The zero-order valence-corrected chi connectivity index (χ0v) is 12.5. The summed E-state index contributed by atoms with van der Waals surface area (Å²) in [5, 5.41) is 9.31. The molecule has 1 aliphatic rings. The molecule has 0 fully saturated rings. The van der Waals surface area contributed by atoms with Gasteiger partial charge in [0, 0.05) is 28.8 Å². The van der Waals surface area contributed by atoms with E-state index in [1.807, 2.05) is 0 Å². The molecular formula is C15H18ClNOS. The van der Waals surface area contributed by atoms with Crippen LogP contribution in [0.25, 0.3) is 0 Å². The maximum Gasteiger partial charge on any atom is 0.0774 e. The minimum atomic E-state index is 0. The highest BCUT2D eigenvalue weighted by Gasteiger charge is 2.26. The summed E-state index contributed by atoms with van der Waals surface area (Å²) in [4.78, 5) is 4.84. The molecule has 19 heavy (non-hydrogen) atoms. The van der Waals surface area contributed by atoms with Gasteiger partial charge in [-0.15, -0.1) is 23.7 Å². The van der Waals surface area contributed by atoms with Gasteiger partial charge in [0.05, 0.1) is 6.61 Å². The van der Waals surface area contributed by atoms with Crippen LogP contribution in [0.4, 0.5) is 0 Å². The Kier molecular flexibility index (Phi) is 4.63. The van der Waals surface area contributed by atoms with Gasteiger partial charge in [0.25, 0.3) is 0 Å². The molecule has 2 heterocycles. The van der Waals surface area contributed by atoms with Crippen molar-refractivity contribution in [2.45, 2.75) is 19.1 Å². The van der Waals surface area contributed by atoms with Crippen molar-refractivity contribution in [2.24, 2.45) is 0 Å². The molecule has 0 aliphatic carbocycles. The lowest BCUT2D eigenvalue weighted by Crippen LogP contribution is -2.29. The van der Waals surface area contributed by atoms with Crippen LogP contribution >= 0.6 is 23.7 Å². The van der Waals surface area contributed by atoms with E-state index in [1.165, 1.54) is 16.0 Å². The zero-order chi connectivity index (χ0) is 12.5. The van der Waals surface area contributed by atoms with E-state index in [1.54, 1.807) is 11.3 Å². The Bertz CT molecular complexity index is 540. The molecular weight excluding hydrogens is 278 g/mol. The molecule has 1 unspecified atom stereocenters. The van der Waals surface area contributed by atoms with Gasteiger partial charge in [0.1, 0.15) is 0 Å². The summed E-state index contributed by atoms with van der Waals surface area (Å²) >= 11 is 1.75. The number of benzene rings is 1. The lowest BCUT2D eigenvalue weighted by Gasteiger charge is -2.30. The second-order valence-electron chi connectivity index (χ2n) is 4.91. The molecule has 3 rings (SSSR count). The van der Waals surface area contributed by atoms with Gasteiger partial charge >= 0.3 is 0 Å². The molecule has 0 spiro atoms. The van der Waals surface area contributed by atoms with Crippen LogP contribution in [0.2, 0.25) is 0 Å². The van der Waals surface area contributed by atoms with Gasteiger partial charge in [-0.25, -0.2) is 0 Å². The van der Waals surface area contributed by atoms with E-state index in [0.29, 0.717) is 5.92 Å². The van der Waals surface area contributed by atoms with Gasteiger partial charge < -0.3 is 10.0 Å². The number of halogens is 1. The predicted molar refractivity (Wildman–Crippen MR) is 82.1 cm³/mol. The molecule has 1 aromatic carbocycles. The highest BCUT2D eigenvalue weighted by atomic mass is 35.5. The van der Waals surface area contributed by atoms with Crippen molar-refractivity contribution in [3.05, 3.63) is 57.3 Å². The van der Waals surface area contributed by atoms with E-state index in [4.69, 9.17) is 0 Å². The first-order valence-electron chi connectivity index (χ1n) is 6.23. The monoisotopic (exact) mass is 295 g/mol. The molecule has 2 aromatic rings. The van der Waals surface area contributed by atoms with Gasteiger partial charge in [-0.2, -0.15) is 0 Å². The third-order valence-corrected chi connectivity index (χ3v) is 4.65. The molecule has 0 saturated heterocycles. The van der Waals surface area contributed by atoms with Crippen LogP contribution in [-0.2, 0) is 13.2 Å². The summed E-state index contributed by atoms with van der Waals surface area (Å²) in [6.07, 6.45) is 0. The molecule has 4 heteroatoms. The minimum Gasteiger partial charge on any atom is -0.391 e. The molecule has 1 aliphatic heterocycles. The smallest absolute Gasteiger partial charge is 0.0774 e. The standard InChI is InChI=1S/C15H17NOS.ClH/c1-16-8-14(11-5-3-2-4-6-11)13-7-12(10-17)18-15(13)9-16;/h2-7,14,17H,8-10H2,1H3;1H. The molecule has 0 saturated carbocycles. The second kappa shape index (κ2) is 6.06. The van der Waals surface area contributed by atoms with E-state index in [9.17, 15) is 5.11 Å². The van der Waals surface area contributed by atoms with Crippen molar-refractivity contribution in [3.63, 3.8) is 0 Å². The van der Waals surface area contributed by atoms with E-state index >= 15 is 0 Å². The van der Waals surface area contributed by atoms with E-state index in [-0.39, 0.29) is 19.0 Å². The largest absolute Gasteiger partial charge is 0.391 e. The topological polar surface area (TPSA) is 23.5 Å². The Labute approximate surface area is 124 Å². The molecule has 1 aromatic heterocycles. The molecule has 1 N–H and O–H groups in total. The lowest BCUT2D eigenvalue weighted by atomic mass is 9.88. The molecule has 102 valence electrons. The minimum absolute atomic E-state index is 0. The average molecular weight is 296 g/mol. The summed E-state index contributed by atoms with van der Waals surface area (Å²) in [6.45, 7) is 2.21.